The van der Waals surface area contributed by atoms with Crippen molar-refractivity contribution in [3.63, 3.8) is 0 Å². The number of hydrogen-bond donors (Lipinski definition) is 3. The summed E-state index contributed by atoms with van der Waals surface area (Å²) in [6.07, 6.45) is 3.58. The topological polar surface area (TPSA) is 92.1 Å². The lowest BCUT2D eigenvalue weighted by atomic mass is 10.1. The molecule has 0 saturated carbocycles. The summed E-state index contributed by atoms with van der Waals surface area (Å²) in [4.78, 5) is 21.0. The predicted octanol–water partition coefficient (Wildman–Crippen LogP) is 3.60. The van der Waals surface area contributed by atoms with E-state index in [2.05, 4.69) is 20.6 Å². The lowest BCUT2D eigenvalue weighted by Gasteiger charge is -2.09. The van der Waals surface area contributed by atoms with E-state index in [1.54, 1.807) is 18.3 Å². The van der Waals surface area contributed by atoms with E-state index < -0.39 is 0 Å². The van der Waals surface area contributed by atoms with Crippen molar-refractivity contribution in [3.8, 4) is 11.3 Å². The van der Waals surface area contributed by atoms with Crippen LogP contribution in [0, 0.1) is 0 Å². The first-order valence-corrected chi connectivity index (χ1v) is 9.83. The Morgan fingerprint density at radius 1 is 1.13 bits per heavy atom. The van der Waals surface area contributed by atoms with Gasteiger partial charge in [-0.25, -0.2) is 9.97 Å². The lowest BCUT2D eigenvalue weighted by molar-refractivity contribution is -0.121. The molecule has 2 heterocycles. The first-order chi connectivity index (χ1) is 14.6. The molecule has 4 aromatic rings. The maximum Gasteiger partial charge on any atom is 0.240 e. The minimum absolute atomic E-state index is 0.0818. The standard InChI is InChI=1S/C22H20ClN5O2/c23-15-3-1-4-16(13-15)26-22-25-9-7-19(27-22)17-5-2-6-20-18(17)8-11-28(20)14-21(30)24-10-12-29/h1-9,11,13,29H,10,12,14H2,(H,24,30)(H,25,26,27). The summed E-state index contributed by atoms with van der Waals surface area (Å²) >= 11 is 6.05. The Labute approximate surface area is 178 Å². The molecule has 0 fully saturated rings. The zero-order valence-corrected chi connectivity index (χ0v) is 16.8. The summed E-state index contributed by atoms with van der Waals surface area (Å²) in [5, 5.41) is 16.3. The van der Waals surface area contributed by atoms with Crippen molar-refractivity contribution in [1.82, 2.24) is 19.9 Å². The molecule has 0 radical (unpaired) electrons. The van der Waals surface area contributed by atoms with Crippen molar-refractivity contribution < 1.29 is 9.90 Å². The van der Waals surface area contributed by atoms with Gasteiger partial charge in [0.1, 0.15) is 6.54 Å². The quantitative estimate of drug-likeness (QED) is 0.424. The number of benzene rings is 2. The fourth-order valence-corrected chi connectivity index (χ4v) is 3.45. The number of nitrogens with zero attached hydrogens (tertiary/aromatic N) is 3. The largest absolute Gasteiger partial charge is 0.395 e. The van der Waals surface area contributed by atoms with E-state index in [4.69, 9.17) is 16.7 Å². The zero-order chi connectivity index (χ0) is 20.9. The molecular formula is C22H20ClN5O2. The van der Waals surface area contributed by atoms with Crippen LogP contribution < -0.4 is 10.6 Å². The van der Waals surface area contributed by atoms with Crippen LogP contribution in [0.1, 0.15) is 0 Å². The molecule has 8 heteroatoms. The van der Waals surface area contributed by atoms with Gasteiger partial charge >= 0.3 is 0 Å². The number of rotatable bonds is 7. The van der Waals surface area contributed by atoms with Crippen LogP contribution >= 0.6 is 11.6 Å². The first kappa shape index (κ1) is 19.9. The molecule has 30 heavy (non-hydrogen) atoms. The SMILES string of the molecule is O=C(Cn1ccc2c(-c3ccnc(Nc4cccc(Cl)c4)n3)cccc21)NCCO. The van der Waals surface area contributed by atoms with Crippen LogP contribution in [0.15, 0.2) is 67.0 Å². The van der Waals surface area contributed by atoms with Crippen LogP contribution in [0.4, 0.5) is 11.6 Å². The molecule has 7 nitrogen and oxygen atoms in total. The van der Waals surface area contributed by atoms with Crippen molar-refractivity contribution in [3.05, 3.63) is 72.0 Å². The van der Waals surface area contributed by atoms with Crippen molar-refractivity contribution in [1.29, 1.82) is 0 Å². The van der Waals surface area contributed by atoms with Gasteiger partial charge in [0.2, 0.25) is 11.9 Å². The number of anilines is 2. The smallest absolute Gasteiger partial charge is 0.240 e. The first-order valence-electron chi connectivity index (χ1n) is 9.45. The van der Waals surface area contributed by atoms with E-state index in [0.29, 0.717) is 11.0 Å². The van der Waals surface area contributed by atoms with Gasteiger partial charge in [0.15, 0.2) is 0 Å². The van der Waals surface area contributed by atoms with E-state index >= 15 is 0 Å². The van der Waals surface area contributed by atoms with E-state index in [0.717, 1.165) is 27.8 Å². The molecule has 152 valence electrons. The molecule has 2 aromatic heterocycles. The number of hydrogen-bond acceptors (Lipinski definition) is 5. The number of nitrogens with one attached hydrogen (secondary N) is 2. The van der Waals surface area contributed by atoms with Crippen LogP contribution in [0.5, 0.6) is 0 Å². The summed E-state index contributed by atoms with van der Waals surface area (Å²) in [6.45, 7) is 0.340. The predicted molar refractivity (Wildman–Crippen MR) is 118 cm³/mol. The van der Waals surface area contributed by atoms with Crippen LogP contribution in [-0.2, 0) is 11.3 Å². The minimum Gasteiger partial charge on any atom is -0.395 e. The maximum absolute atomic E-state index is 12.0. The summed E-state index contributed by atoms with van der Waals surface area (Å²) in [6, 6.07) is 17.1. The molecule has 2 aromatic carbocycles. The number of aliphatic hydroxyl groups is 1. The third kappa shape index (κ3) is 4.42. The second-order valence-electron chi connectivity index (χ2n) is 6.66. The second-order valence-corrected chi connectivity index (χ2v) is 7.09. The molecule has 1 amide bonds. The monoisotopic (exact) mass is 421 g/mol. The Kier molecular flexibility index (Phi) is 5.92. The number of aromatic nitrogens is 3. The molecule has 0 atom stereocenters. The minimum atomic E-state index is -0.151. The highest BCUT2D eigenvalue weighted by Gasteiger charge is 2.11. The molecule has 0 bridgehead atoms. The molecule has 3 N–H and O–H groups in total. The van der Waals surface area contributed by atoms with Gasteiger partial charge < -0.3 is 20.3 Å². The van der Waals surface area contributed by atoms with Crippen LogP contribution in [0.3, 0.4) is 0 Å². The summed E-state index contributed by atoms with van der Waals surface area (Å²) in [7, 11) is 0. The van der Waals surface area contributed by atoms with Crippen molar-refractivity contribution >= 4 is 40.0 Å². The van der Waals surface area contributed by atoms with Crippen molar-refractivity contribution in [2.45, 2.75) is 6.54 Å². The molecule has 4 rings (SSSR count). The summed E-state index contributed by atoms with van der Waals surface area (Å²) in [5.41, 5.74) is 3.44. The van der Waals surface area contributed by atoms with Gasteiger partial charge in [0.05, 0.1) is 12.3 Å². The zero-order valence-electron chi connectivity index (χ0n) is 16.0. The van der Waals surface area contributed by atoms with Gasteiger partial charge in [-0.05, 0) is 36.4 Å². The molecule has 0 saturated heterocycles. The van der Waals surface area contributed by atoms with E-state index in [-0.39, 0.29) is 25.6 Å². The van der Waals surface area contributed by atoms with Crippen molar-refractivity contribution in [2.24, 2.45) is 0 Å². The van der Waals surface area contributed by atoms with E-state index in [1.807, 2.05) is 53.2 Å². The Morgan fingerprint density at radius 3 is 2.83 bits per heavy atom. The van der Waals surface area contributed by atoms with Gasteiger partial charge in [-0.1, -0.05) is 29.8 Å². The van der Waals surface area contributed by atoms with Crippen LogP contribution in [0.2, 0.25) is 5.02 Å². The van der Waals surface area contributed by atoms with Gasteiger partial charge in [-0.2, -0.15) is 0 Å². The van der Waals surface area contributed by atoms with Gasteiger partial charge in [0.25, 0.3) is 0 Å². The van der Waals surface area contributed by atoms with Crippen LogP contribution in [-0.4, -0.2) is 38.7 Å². The average Bonchev–Trinajstić information content (AvgIpc) is 3.15. The molecule has 0 aliphatic rings. The summed E-state index contributed by atoms with van der Waals surface area (Å²) in [5.74, 6) is 0.316. The molecule has 0 aliphatic carbocycles. The Balaban J connectivity index is 1.63. The van der Waals surface area contributed by atoms with Crippen molar-refractivity contribution in [2.75, 3.05) is 18.5 Å². The number of carbonyl (C=O) groups excluding carboxylic acids is 1. The van der Waals surface area contributed by atoms with Crippen LogP contribution in [0.25, 0.3) is 22.2 Å². The molecule has 0 unspecified atom stereocenters. The van der Waals surface area contributed by atoms with E-state index in [9.17, 15) is 4.79 Å². The second kappa shape index (κ2) is 8.94. The fraction of sp³-hybridized carbons (Fsp3) is 0.136. The number of amides is 1. The van der Waals surface area contributed by atoms with Gasteiger partial charge in [0, 0.05) is 46.1 Å². The summed E-state index contributed by atoms with van der Waals surface area (Å²) < 4.78 is 1.87. The fourth-order valence-electron chi connectivity index (χ4n) is 3.25. The Morgan fingerprint density at radius 2 is 2.00 bits per heavy atom. The van der Waals surface area contributed by atoms with Gasteiger partial charge in [-0.15, -0.1) is 0 Å². The highest BCUT2D eigenvalue weighted by Crippen LogP contribution is 2.29. The average molecular weight is 422 g/mol. The highest BCUT2D eigenvalue weighted by atomic mass is 35.5. The third-order valence-corrected chi connectivity index (χ3v) is 4.81. The number of carbonyl (C=O) groups is 1. The normalized spacial score (nSPS) is 10.9. The number of fused-ring (bicyclic) bond motifs is 1. The Hall–Kier alpha value is -3.42. The lowest BCUT2D eigenvalue weighted by Crippen LogP contribution is -2.29. The van der Waals surface area contributed by atoms with E-state index in [1.165, 1.54) is 0 Å². The third-order valence-electron chi connectivity index (χ3n) is 4.57. The van der Waals surface area contributed by atoms with Gasteiger partial charge in [-0.3, -0.25) is 4.79 Å². The number of halogens is 1. The highest BCUT2D eigenvalue weighted by molar-refractivity contribution is 6.30. The molecule has 0 aliphatic heterocycles. The Bertz CT molecular complexity index is 1190. The molecular weight excluding hydrogens is 402 g/mol. The molecule has 0 spiro atoms. The number of aliphatic hydroxyl groups excluding tert-OH is 1. The maximum atomic E-state index is 12.0.